The zero-order chi connectivity index (χ0) is 13.8. The molecule has 0 aromatic carbocycles. The average molecular weight is 262 g/mol. The number of carboxylic acids is 1. The first-order valence-electron chi connectivity index (χ1n) is 6.50. The van der Waals surface area contributed by atoms with E-state index in [-0.39, 0.29) is 18.4 Å². The Hall–Kier alpha value is -2.04. The predicted octanol–water partition coefficient (Wildman–Crippen LogP) is 2.06. The van der Waals surface area contributed by atoms with E-state index in [4.69, 9.17) is 5.11 Å². The highest BCUT2D eigenvalue weighted by molar-refractivity contribution is 5.94. The maximum atomic E-state index is 11.8. The summed E-state index contributed by atoms with van der Waals surface area (Å²) in [4.78, 5) is 22.6. The van der Waals surface area contributed by atoms with Gasteiger partial charge >= 0.3 is 5.97 Å². The molecule has 1 aromatic heterocycles. The molecule has 0 bridgehead atoms. The van der Waals surface area contributed by atoms with E-state index in [2.05, 4.69) is 18.3 Å². The standard InChI is InChI=1S/C14H18N2O3/c1-2-3-4-5-10-6-12-14(19)15-8-11(7-13(17)18)16(12)9-10/h4-6,9,11H,2-3,7-8H2,1H3,(H,15,19)(H,17,18)/b5-4+/t11-/m0/s1. The summed E-state index contributed by atoms with van der Waals surface area (Å²) in [5.74, 6) is -0.999. The first kappa shape index (κ1) is 13.4. The summed E-state index contributed by atoms with van der Waals surface area (Å²) in [5.41, 5.74) is 1.48. The Morgan fingerprint density at radius 3 is 3.11 bits per heavy atom. The van der Waals surface area contributed by atoms with Crippen molar-refractivity contribution in [2.75, 3.05) is 6.54 Å². The molecular formula is C14H18N2O3. The van der Waals surface area contributed by atoms with Crippen LogP contribution in [0.3, 0.4) is 0 Å². The van der Waals surface area contributed by atoms with Crippen LogP contribution in [0.2, 0.25) is 0 Å². The number of unbranched alkanes of at least 4 members (excludes halogenated alkanes) is 1. The Labute approximate surface area is 111 Å². The first-order chi connectivity index (χ1) is 9.11. The molecule has 0 fully saturated rings. The summed E-state index contributed by atoms with van der Waals surface area (Å²) in [6, 6.07) is 1.59. The van der Waals surface area contributed by atoms with Crippen LogP contribution in [0.4, 0.5) is 0 Å². The molecule has 5 heteroatoms. The van der Waals surface area contributed by atoms with E-state index in [1.165, 1.54) is 0 Å². The molecule has 1 amide bonds. The Balaban J connectivity index is 2.25. The molecule has 1 aliphatic heterocycles. The van der Waals surface area contributed by atoms with Gasteiger partial charge < -0.3 is 15.0 Å². The predicted molar refractivity (Wildman–Crippen MR) is 72.0 cm³/mol. The molecule has 102 valence electrons. The number of allylic oxidation sites excluding steroid dienone is 1. The van der Waals surface area contributed by atoms with Gasteiger partial charge in [-0.1, -0.05) is 25.5 Å². The van der Waals surface area contributed by atoms with Crippen LogP contribution in [0.5, 0.6) is 0 Å². The number of fused-ring (bicyclic) bond motifs is 1. The second kappa shape index (κ2) is 5.73. The van der Waals surface area contributed by atoms with Crippen LogP contribution in [0, 0.1) is 0 Å². The number of amides is 1. The second-order valence-electron chi connectivity index (χ2n) is 4.72. The van der Waals surface area contributed by atoms with E-state index < -0.39 is 5.97 Å². The molecule has 0 saturated heterocycles. The van der Waals surface area contributed by atoms with Crippen LogP contribution in [0.1, 0.15) is 48.3 Å². The van der Waals surface area contributed by atoms with E-state index in [1.807, 2.05) is 12.3 Å². The number of carbonyl (C=O) groups excluding carboxylic acids is 1. The molecule has 0 saturated carbocycles. The first-order valence-corrected chi connectivity index (χ1v) is 6.50. The lowest BCUT2D eigenvalue weighted by Gasteiger charge is -2.25. The fourth-order valence-electron chi connectivity index (χ4n) is 2.23. The van der Waals surface area contributed by atoms with Crippen molar-refractivity contribution in [1.82, 2.24) is 9.88 Å². The summed E-state index contributed by atoms with van der Waals surface area (Å²) >= 11 is 0. The molecule has 0 radical (unpaired) electrons. The molecule has 1 aliphatic rings. The zero-order valence-corrected chi connectivity index (χ0v) is 10.9. The quantitative estimate of drug-likeness (QED) is 0.853. The van der Waals surface area contributed by atoms with Crippen LogP contribution in [-0.4, -0.2) is 28.1 Å². The van der Waals surface area contributed by atoms with Gasteiger partial charge in [-0.15, -0.1) is 0 Å². The number of aliphatic carboxylic acids is 1. The van der Waals surface area contributed by atoms with Crippen LogP contribution in [0.25, 0.3) is 6.08 Å². The summed E-state index contributed by atoms with van der Waals surface area (Å²) in [6.07, 6.45) is 7.97. The summed E-state index contributed by atoms with van der Waals surface area (Å²) in [5, 5.41) is 11.6. The van der Waals surface area contributed by atoms with Crippen molar-refractivity contribution >= 4 is 18.0 Å². The topological polar surface area (TPSA) is 71.3 Å². The maximum absolute atomic E-state index is 11.8. The molecule has 5 nitrogen and oxygen atoms in total. The number of carbonyl (C=O) groups is 2. The van der Waals surface area contributed by atoms with Gasteiger partial charge in [-0.25, -0.2) is 0 Å². The Bertz CT molecular complexity index is 517. The average Bonchev–Trinajstić information content (AvgIpc) is 2.78. The number of rotatable bonds is 5. The van der Waals surface area contributed by atoms with Crippen molar-refractivity contribution < 1.29 is 14.7 Å². The number of hydrogen-bond acceptors (Lipinski definition) is 2. The van der Waals surface area contributed by atoms with Crippen LogP contribution < -0.4 is 5.32 Å². The number of carboxylic acid groups (broad SMARTS) is 1. The van der Waals surface area contributed by atoms with Crippen LogP contribution >= 0.6 is 0 Å². The second-order valence-corrected chi connectivity index (χ2v) is 4.72. The molecule has 2 heterocycles. The molecule has 0 spiro atoms. The zero-order valence-electron chi connectivity index (χ0n) is 10.9. The molecule has 0 unspecified atom stereocenters. The van der Waals surface area contributed by atoms with Gasteiger partial charge in [0, 0.05) is 12.7 Å². The monoisotopic (exact) mass is 262 g/mol. The highest BCUT2D eigenvalue weighted by Crippen LogP contribution is 2.22. The van der Waals surface area contributed by atoms with E-state index in [9.17, 15) is 9.59 Å². The minimum Gasteiger partial charge on any atom is -0.481 e. The number of nitrogens with one attached hydrogen (secondary N) is 1. The van der Waals surface area contributed by atoms with E-state index in [0.717, 1.165) is 18.4 Å². The van der Waals surface area contributed by atoms with Gasteiger partial charge in [0.2, 0.25) is 0 Å². The highest BCUT2D eigenvalue weighted by atomic mass is 16.4. The SMILES string of the molecule is CCC/C=C/c1cc2n(c1)[C@@H](CC(=O)O)CNC2=O. The van der Waals surface area contributed by atoms with Crippen LogP contribution in [-0.2, 0) is 4.79 Å². The van der Waals surface area contributed by atoms with Crippen molar-refractivity contribution in [1.29, 1.82) is 0 Å². The maximum Gasteiger partial charge on any atom is 0.305 e. The minimum absolute atomic E-state index is 0.0140. The third-order valence-electron chi connectivity index (χ3n) is 3.17. The molecule has 0 aliphatic carbocycles. The molecule has 1 aromatic rings. The van der Waals surface area contributed by atoms with Gasteiger partial charge in [-0.3, -0.25) is 9.59 Å². The molecular weight excluding hydrogens is 244 g/mol. The van der Waals surface area contributed by atoms with Crippen molar-refractivity contribution in [3.8, 4) is 0 Å². The lowest BCUT2D eigenvalue weighted by Crippen LogP contribution is -2.39. The fraction of sp³-hybridized carbons (Fsp3) is 0.429. The number of hydrogen-bond donors (Lipinski definition) is 2. The normalized spacial score (nSPS) is 18.4. The van der Waals surface area contributed by atoms with Crippen molar-refractivity contribution in [2.24, 2.45) is 0 Å². The Kier molecular flexibility index (Phi) is 4.04. The summed E-state index contributed by atoms with van der Waals surface area (Å²) in [6.45, 7) is 2.47. The van der Waals surface area contributed by atoms with Gasteiger partial charge in [-0.2, -0.15) is 0 Å². The summed E-state index contributed by atoms with van der Waals surface area (Å²) in [7, 11) is 0. The number of nitrogens with zero attached hydrogens (tertiary/aromatic N) is 1. The van der Waals surface area contributed by atoms with Crippen molar-refractivity contribution in [3.63, 3.8) is 0 Å². The van der Waals surface area contributed by atoms with Gasteiger partial charge in [0.1, 0.15) is 5.69 Å². The van der Waals surface area contributed by atoms with Crippen molar-refractivity contribution in [3.05, 3.63) is 29.6 Å². The number of aromatic nitrogens is 1. The fourth-order valence-corrected chi connectivity index (χ4v) is 2.23. The molecule has 2 N–H and O–H groups in total. The van der Waals surface area contributed by atoms with Gasteiger partial charge in [0.25, 0.3) is 5.91 Å². The van der Waals surface area contributed by atoms with E-state index in [0.29, 0.717) is 12.2 Å². The lowest BCUT2D eigenvalue weighted by atomic mass is 10.1. The van der Waals surface area contributed by atoms with E-state index >= 15 is 0 Å². The van der Waals surface area contributed by atoms with Gasteiger partial charge in [0.05, 0.1) is 12.5 Å². The van der Waals surface area contributed by atoms with Gasteiger partial charge in [-0.05, 0) is 18.1 Å². The third-order valence-corrected chi connectivity index (χ3v) is 3.17. The van der Waals surface area contributed by atoms with Crippen molar-refractivity contribution in [2.45, 2.75) is 32.2 Å². The Morgan fingerprint density at radius 2 is 2.42 bits per heavy atom. The minimum atomic E-state index is -0.858. The van der Waals surface area contributed by atoms with E-state index in [1.54, 1.807) is 10.6 Å². The summed E-state index contributed by atoms with van der Waals surface area (Å²) < 4.78 is 1.78. The highest BCUT2D eigenvalue weighted by Gasteiger charge is 2.26. The molecule has 19 heavy (non-hydrogen) atoms. The largest absolute Gasteiger partial charge is 0.481 e. The molecule has 2 rings (SSSR count). The smallest absolute Gasteiger partial charge is 0.305 e. The van der Waals surface area contributed by atoms with Gasteiger partial charge in [0.15, 0.2) is 0 Å². The third kappa shape index (κ3) is 3.05. The van der Waals surface area contributed by atoms with Crippen LogP contribution in [0.15, 0.2) is 18.3 Å². The lowest BCUT2D eigenvalue weighted by molar-refractivity contribution is -0.137. The Morgan fingerprint density at radius 1 is 1.63 bits per heavy atom. The molecule has 1 atom stereocenters.